The third kappa shape index (κ3) is 3.10. The van der Waals surface area contributed by atoms with Gasteiger partial charge in [0.05, 0.1) is 0 Å². The number of hydrogen-bond acceptors (Lipinski definition) is 2. The minimum absolute atomic E-state index is 0.741. The number of benzene rings is 1. The van der Waals surface area contributed by atoms with Gasteiger partial charge in [-0.05, 0) is 55.4 Å². The van der Waals surface area contributed by atoms with Crippen molar-refractivity contribution < 1.29 is 0 Å². The zero-order chi connectivity index (χ0) is 12.4. The topological polar surface area (TPSA) is 12.0 Å². The average Bonchev–Trinajstić information content (AvgIpc) is 3.16. The van der Waals surface area contributed by atoms with Gasteiger partial charge in [-0.15, -0.1) is 0 Å². The Labute approximate surface area is 115 Å². The third-order valence-corrected chi connectivity index (χ3v) is 5.44. The van der Waals surface area contributed by atoms with E-state index in [1.165, 1.54) is 37.7 Å². The molecule has 0 heterocycles. The fourth-order valence-electron chi connectivity index (χ4n) is 2.93. The standard InChI is InChI=1S/C16H23NS/c1-18-16-9-8-15(10-16)17-11-12-2-4-13(5-3-12)14-6-7-14/h2-5,14-17H,6-11H2,1H3. The number of hydrogen-bond donors (Lipinski definition) is 1. The second-order valence-corrected chi connectivity index (χ2v) is 6.90. The van der Waals surface area contributed by atoms with Gasteiger partial charge in [-0.1, -0.05) is 24.3 Å². The van der Waals surface area contributed by atoms with Crippen LogP contribution < -0.4 is 5.32 Å². The van der Waals surface area contributed by atoms with E-state index in [4.69, 9.17) is 0 Å². The van der Waals surface area contributed by atoms with Crippen LogP contribution in [0.2, 0.25) is 0 Å². The second kappa shape index (κ2) is 5.66. The van der Waals surface area contributed by atoms with Crippen molar-refractivity contribution in [3.05, 3.63) is 35.4 Å². The highest BCUT2D eigenvalue weighted by atomic mass is 32.2. The Kier molecular flexibility index (Phi) is 3.95. The maximum Gasteiger partial charge on any atom is 0.0208 e. The molecule has 2 aliphatic rings. The van der Waals surface area contributed by atoms with Gasteiger partial charge in [0.2, 0.25) is 0 Å². The molecule has 1 aromatic carbocycles. The van der Waals surface area contributed by atoms with Gasteiger partial charge in [0.1, 0.15) is 0 Å². The summed E-state index contributed by atoms with van der Waals surface area (Å²) in [6, 6.07) is 10.0. The fraction of sp³-hybridized carbons (Fsp3) is 0.625. The summed E-state index contributed by atoms with van der Waals surface area (Å²) >= 11 is 2.03. The summed E-state index contributed by atoms with van der Waals surface area (Å²) in [5.74, 6) is 0.879. The molecule has 2 unspecified atom stereocenters. The van der Waals surface area contributed by atoms with Gasteiger partial charge in [0.15, 0.2) is 0 Å². The summed E-state index contributed by atoms with van der Waals surface area (Å²) < 4.78 is 0. The zero-order valence-electron chi connectivity index (χ0n) is 11.2. The van der Waals surface area contributed by atoms with Crippen LogP contribution in [0.15, 0.2) is 24.3 Å². The quantitative estimate of drug-likeness (QED) is 0.861. The molecule has 0 aliphatic heterocycles. The lowest BCUT2D eigenvalue weighted by Gasteiger charge is -2.13. The molecule has 2 atom stereocenters. The van der Waals surface area contributed by atoms with Crippen LogP contribution in [-0.4, -0.2) is 17.5 Å². The molecule has 0 saturated heterocycles. The van der Waals surface area contributed by atoms with Gasteiger partial charge in [0.25, 0.3) is 0 Å². The molecule has 2 fully saturated rings. The fourth-order valence-corrected chi connectivity index (χ4v) is 3.72. The van der Waals surface area contributed by atoms with E-state index in [1.54, 1.807) is 5.56 Å². The molecule has 0 radical (unpaired) electrons. The van der Waals surface area contributed by atoms with Gasteiger partial charge in [0, 0.05) is 17.8 Å². The van der Waals surface area contributed by atoms with Crippen molar-refractivity contribution in [1.82, 2.24) is 5.32 Å². The molecule has 98 valence electrons. The van der Waals surface area contributed by atoms with Crippen molar-refractivity contribution in [3.8, 4) is 0 Å². The van der Waals surface area contributed by atoms with Gasteiger partial charge in [-0.25, -0.2) is 0 Å². The van der Waals surface area contributed by atoms with Crippen LogP contribution in [-0.2, 0) is 6.54 Å². The molecule has 1 N–H and O–H groups in total. The van der Waals surface area contributed by atoms with Gasteiger partial charge < -0.3 is 5.32 Å². The van der Waals surface area contributed by atoms with Crippen LogP contribution in [0.25, 0.3) is 0 Å². The lowest BCUT2D eigenvalue weighted by Crippen LogP contribution is -2.26. The monoisotopic (exact) mass is 261 g/mol. The molecule has 1 aromatic rings. The van der Waals surface area contributed by atoms with Crippen molar-refractivity contribution in [2.24, 2.45) is 0 Å². The van der Waals surface area contributed by atoms with Crippen molar-refractivity contribution in [3.63, 3.8) is 0 Å². The first-order valence-corrected chi connectivity index (χ1v) is 8.49. The van der Waals surface area contributed by atoms with Crippen molar-refractivity contribution in [1.29, 1.82) is 0 Å². The summed E-state index contributed by atoms with van der Waals surface area (Å²) in [7, 11) is 0. The predicted molar refractivity (Wildman–Crippen MR) is 80.2 cm³/mol. The maximum atomic E-state index is 3.71. The minimum atomic E-state index is 0.741. The van der Waals surface area contributed by atoms with Crippen LogP contribution in [0.1, 0.15) is 49.1 Å². The number of thioether (sulfide) groups is 1. The van der Waals surface area contributed by atoms with E-state index in [9.17, 15) is 0 Å². The highest BCUT2D eigenvalue weighted by molar-refractivity contribution is 7.99. The highest BCUT2D eigenvalue weighted by Gasteiger charge is 2.24. The first-order chi connectivity index (χ1) is 8.85. The Balaban J connectivity index is 1.47. The van der Waals surface area contributed by atoms with E-state index in [-0.39, 0.29) is 0 Å². The van der Waals surface area contributed by atoms with Crippen molar-refractivity contribution in [2.75, 3.05) is 6.26 Å². The summed E-state index contributed by atoms with van der Waals surface area (Å²) in [4.78, 5) is 0. The van der Waals surface area contributed by atoms with E-state index in [2.05, 4.69) is 35.8 Å². The third-order valence-electron chi connectivity index (χ3n) is 4.34. The van der Waals surface area contributed by atoms with Crippen LogP contribution in [0, 0.1) is 0 Å². The van der Waals surface area contributed by atoms with E-state index in [1.807, 2.05) is 11.8 Å². The molecule has 18 heavy (non-hydrogen) atoms. The van der Waals surface area contributed by atoms with E-state index in [0.717, 1.165) is 23.8 Å². The lowest BCUT2D eigenvalue weighted by molar-refractivity contribution is 0.525. The summed E-state index contributed by atoms with van der Waals surface area (Å²) in [6.45, 7) is 1.04. The van der Waals surface area contributed by atoms with Gasteiger partial charge in [-0.3, -0.25) is 0 Å². The first-order valence-electron chi connectivity index (χ1n) is 7.20. The lowest BCUT2D eigenvalue weighted by atomic mass is 10.1. The zero-order valence-corrected chi connectivity index (χ0v) is 12.0. The highest BCUT2D eigenvalue weighted by Crippen LogP contribution is 2.39. The molecule has 2 heteroatoms. The SMILES string of the molecule is CSC1CCC(NCc2ccc(C3CC3)cc2)C1. The molecule has 2 aliphatic carbocycles. The predicted octanol–water partition coefficient (Wildman–Crippen LogP) is 3.94. The normalized spacial score (nSPS) is 27.6. The molecule has 0 bridgehead atoms. The van der Waals surface area contributed by atoms with Crippen LogP contribution in [0.5, 0.6) is 0 Å². The second-order valence-electron chi connectivity index (χ2n) is 5.76. The maximum absolute atomic E-state index is 3.71. The van der Waals surface area contributed by atoms with Crippen molar-refractivity contribution >= 4 is 11.8 Å². The smallest absolute Gasteiger partial charge is 0.0208 e. The number of nitrogens with one attached hydrogen (secondary N) is 1. The first kappa shape index (κ1) is 12.6. The van der Waals surface area contributed by atoms with Crippen LogP contribution in [0.3, 0.4) is 0 Å². The number of rotatable bonds is 5. The van der Waals surface area contributed by atoms with Gasteiger partial charge >= 0.3 is 0 Å². The molecule has 0 spiro atoms. The van der Waals surface area contributed by atoms with Gasteiger partial charge in [-0.2, -0.15) is 11.8 Å². The average molecular weight is 261 g/mol. The molecule has 1 nitrogen and oxygen atoms in total. The molecule has 3 rings (SSSR count). The van der Waals surface area contributed by atoms with Crippen molar-refractivity contribution in [2.45, 2.75) is 55.9 Å². The summed E-state index contributed by atoms with van der Waals surface area (Å²) in [5.41, 5.74) is 2.98. The van der Waals surface area contributed by atoms with E-state index in [0.29, 0.717) is 0 Å². The minimum Gasteiger partial charge on any atom is -0.310 e. The molecule has 0 amide bonds. The Hall–Kier alpha value is -0.470. The van der Waals surface area contributed by atoms with E-state index >= 15 is 0 Å². The molecule has 0 aromatic heterocycles. The molecule has 2 saturated carbocycles. The largest absolute Gasteiger partial charge is 0.310 e. The summed E-state index contributed by atoms with van der Waals surface area (Å²) in [5, 5.41) is 4.60. The van der Waals surface area contributed by atoms with Crippen LogP contribution in [0.4, 0.5) is 0 Å². The Morgan fingerprint density at radius 3 is 2.50 bits per heavy atom. The van der Waals surface area contributed by atoms with Crippen LogP contribution >= 0.6 is 11.8 Å². The Bertz CT molecular complexity index is 383. The van der Waals surface area contributed by atoms with E-state index < -0.39 is 0 Å². The molecular formula is C16H23NS. The Morgan fingerprint density at radius 1 is 1.11 bits per heavy atom. The summed E-state index contributed by atoms with van der Waals surface area (Å²) in [6.07, 6.45) is 9.13. The Morgan fingerprint density at radius 2 is 1.89 bits per heavy atom. The molecular weight excluding hydrogens is 238 g/mol.